The van der Waals surface area contributed by atoms with E-state index in [0.717, 1.165) is 18.5 Å². The van der Waals surface area contributed by atoms with E-state index in [2.05, 4.69) is 15.6 Å². The van der Waals surface area contributed by atoms with E-state index in [1.807, 2.05) is 32.2 Å². The molecule has 1 aromatic heterocycles. The highest BCUT2D eigenvalue weighted by molar-refractivity contribution is 5.95. The van der Waals surface area contributed by atoms with Gasteiger partial charge in [0.25, 0.3) is 11.6 Å². The molecule has 148 valence electrons. The summed E-state index contributed by atoms with van der Waals surface area (Å²) in [5, 5.41) is 17.9. The maximum Gasteiger partial charge on any atom is 0.293 e. The molecule has 1 aromatic carbocycles. The van der Waals surface area contributed by atoms with E-state index in [1.54, 1.807) is 23.2 Å². The number of nitro benzene ring substituents is 1. The first-order valence-electron chi connectivity index (χ1n) is 9.42. The van der Waals surface area contributed by atoms with Crippen LogP contribution in [-0.2, 0) is 0 Å². The summed E-state index contributed by atoms with van der Waals surface area (Å²) < 4.78 is 0. The van der Waals surface area contributed by atoms with Gasteiger partial charge in [-0.1, -0.05) is 6.07 Å². The van der Waals surface area contributed by atoms with Gasteiger partial charge < -0.3 is 15.5 Å². The number of hydrogen-bond acceptors (Lipinski definition) is 6. The second-order valence-corrected chi connectivity index (χ2v) is 6.96. The van der Waals surface area contributed by atoms with Crippen molar-refractivity contribution in [3.63, 3.8) is 0 Å². The van der Waals surface area contributed by atoms with Crippen molar-refractivity contribution >= 4 is 17.3 Å². The highest BCUT2D eigenvalue weighted by Crippen LogP contribution is 2.29. The zero-order chi connectivity index (χ0) is 20.1. The van der Waals surface area contributed by atoms with E-state index in [0.29, 0.717) is 30.4 Å². The van der Waals surface area contributed by atoms with Crippen LogP contribution in [0.15, 0.2) is 42.6 Å². The van der Waals surface area contributed by atoms with Crippen LogP contribution in [0, 0.1) is 10.1 Å². The quantitative estimate of drug-likeness (QED) is 0.587. The second-order valence-electron chi connectivity index (χ2n) is 6.96. The predicted octanol–water partition coefficient (Wildman–Crippen LogP) is 2.99. The second kappa shape index (κ2) is 8.79. The summed E-state index contributed by atoms with van der Waals surface area (Å²) >= 11 is 0. The highest BCUT2D eigenvalue weighted by Gasteiger charge is 2.25. The molecule has 1 atom stereocenters. The number of carbonyl (C=O) groups is 1. The van der Waals surface area contributed by atoms with Crippen LogP contribution in [0.3, 0.4) is 0 Å². The molecular weight excluding hydrogens is 358 g/mol. The number of nitrogens with zero attached hydrogens (tertiary/aromatic N) is 3. The molecule has 0 bridgehead atoms. The molecule has 0 saturated carbocycles. The number of amides is 1. The lowest BCUT2D eigenvalue weighted by atomic mass is 10.0. The zero-order valence-corrected chi connectivity index (χ0v) is 16.1. The first kappa shape index (κ1) is 19.8. The number of nitro groups is 1. The Morgan fingerprint density at radius 3 is 2.64 bits per heavy atom. The highest BCUT2D eigenvalue weighted by atomic mass is 16.6. The van der Waals surface area contributed by atoms with E-state index < -0.39 is 4.92 Å². The Morgan fingerprint density at radius 1 is 1.29 bits per heavy atom. The molecule has 8 heteroatoms. The molecule has 0 spiro atoms. The van der Waals surface area contributed by atoms with Crippen LogP contribution >= 0.6 is 0 Å². The average Bonchev–Trinajstić information content (AvgIpc) is 2.74. The summed E-state index contributed by atoms with van der Waals surface area (Å²) in [4.78, 5) is 29.9. The fraction of sp³-hybridized carbons (Fsp3) is 0.400. The maximum atomic E-state index is 12.8. The molecule has 0 radical (unpaired) electrons. The molecular formula is C20H25N5O3. The summed E-state index contributed by atoms with van der Waals surface area (Å²) in [5.41, 5.74) is 1.38. The first-order valence-corrected chi connectivity index (χ1v) is 9.42. The third kappa shape index (κ3) is 4.45. The molecule has 0 aliphatic carbocycles. The monoisotopic (exact) mass is 383 g/mol. The summed E-state index contributed by atoms with van der Waals surface area (Å²) in [6, 6.07) is 10.4. The molecule has 1 aliphatic rings. The van der Waals surface area contributed by atoms with E-state index >= 15 is 0 Å². The van der Waals surface area contributed by atoms with Crippen LogP contribution < -0.4 is 10.6 Å². The van der Waals surface area contributed by atoms with Crippen molar-refractivity contribution in [3.05, 3.63) is 64.0 Å². The third-order valence-corrected chi connectivity index (χ3v) is 5.14. The molecule has 2 aromatic rings. The minimum absolute atomic E-state index is 0.112. The molecule has 8 nitrogen and oxygen atoms in total. The fourth-order valence-corrected chi connectivity index (χ4v) is 3.43. The van der Waals surface area contributed by atoms with Crippen molar-refractivity contribution in [2.24, 2.45) is 0 Å². The summed E-state index contributed by atoms with van der Waals surface area (Å²) in [7, 11) is 1.92. The Morgan fingerprint density at radius 2 is 2.04 bits per heavy atom. The maximum absolute atomic E-state index is 12.8. The first-order chi connectivity index (χ1) is 13.5. The van der Waals surface area contributed by atoms with Gasteiger partial charge in [0.15, 0.2) is 0 Å². The third-order valence-electron chi connectivity index (χ3n) is 5.14. The van der Waals surface area contributed by atoms with Crippen LogP contribution in [0.1, 0.15) is 41.9 Å². The van der Waals surface area contributed by atoms with Crippen molar-refractivity contribution in [1.29, 1.82) is 0 Å². The number of piperidine rings is 1. The summed E-state index contributed by atoms with van der Waals surface area (Å²) in [6.45, 7) is 3.18. The zero-order valence-electron chi connectivity index (χ0n) is 16.1. The topological polar surface area (TPSA) is 100 Å². The number of carbonyl (C=O) groups excluding carboxylic acids is 1. The van der Waals surface area contributed by atoms with Gasteiger partial charge in [-0.05, 0) is 51.1 Å². The van der Waals surface area contributed by atoms with Gasteiger partial charge in [-0.2, -0.15) is 0 Å². The minimum atomic E-state index is -0.461. The van der Waals surface area contributed by atoms with Crippen LogP contribution in [0.25, 0.3) is 0 Å². The Kier molecular flexibility index (Phi) is 6.20. The standard InChI is InChI=1S/C20H25N5O3/c1-14(17-5-3-4-10-22-17)23-18-7-6-15(13-19(18)25(27)28)20(26)24-11-8-16(21-2)9-12-24/h3-7,10,13-14,16,21,23H,8-9,11-12H2,1-2H3. The van der Waals surface area contributed by atoms with Crippen LogP contribution in [0.4, 0.5) is 11.4 Å². The molecule has 1 amide bonds. The fourth-order valence-electron chi connectivity index (χ4n) is 3.43. The molecule has 1 aliphatic heterocycles. The number of rotatable bonds is 6. The van der Waals surface area contributed by atoms with Crippen molar-refractivity contribution in [2.75, 3.05) is 25.5 Å². The van der Waals surface area contributed by atoms with Gasteiger partial charge in [-0.25, -0.2) is 0 Å². The number of likely N-dealkylation sites (tertiary alicyclic amines) is 1. The normalized spacial score (nSPS) is 15.9. The van der Waals surface area contributed by atoms with Gasteiger partial charge in [0.2, 0.25) is 0 Å². The van der Waals surface area contributed by atoms with E-state index in [9.17, 15) is 14.9 Å². The van der Waals surface area contributed by atoms with Gasteiger partial charge in [0.05, 0.1) is 16.7 Å². The van der Waals surface area contributed by atoms with Gasteiger partial charge in [-0.3, -0.25) is 19.9 Å². The molecule has 1 unspecified atom stereocenters. The van der Waals surface area contributed by atoms with Crippen molar-refractivity contribution < 1.29 is 9.72 Å². The number of pyridine rings is 1. The van der Waals surface area contributed by atoms with Crippen LogP contribution in [-0.4, -0.2) is 46.9 Å². The van der Waals surface area contributed by atoms with Gasteiger partial charge >= 0.3 is 0 Å². The molecule has 2 heterocycles. The van der Waals surface area contributed by atoms with Crippen molar-refractivity contribution in [1.82, 2.24) is 15.2 Å². The van der Waals surface area contributed by atoms with E-state index in [1.165, 1.54) is 6.07 Å². The van der Waals surface area contributed by atoms with Gasteiger partial charge in [0.1, 0.15) is 5.69 Å². The number of aromatic nitrogens is 1. The Labute approximate surface area is 164 Å². The smallest absolute Gasteiger partial charge is 0.293 e. The lowest BCUT2D eigenvalue weighted by Crippen LogP contribution is -2.43. The van der Waals surface area contributed by atoms with Gasteiger partial charge in [0, 0.05) is 37.0 Å². The van der Waals surface area contributed by atoms with Crippen molar-refractivity contribution in [3.8, 4) is 0 Å². The van der Waals surface area contributed by atoms with E-state index in [-0.39, 0.29) is 17.6 Å². The van der Waals surface area contributed by atoms with Gasteiger partial charge in [-0.15, -0.1) is 0 Å². The lowest BCUT2D eigenvalue weighted by Gasteiger charge is -2.31. The molecule has 3 rings (SSSR count). The van der Waals surface area contributed by atoms with E-state index in [4.69, 9.17) is 0 Å². The van der Waals surface area contributed by atoms with Crippen LogP contribution in [0.5, 0.6) is 0 Å². The van der Waals surface area contributed by atoms with Crippen LogP contribution in [0.2, 0.25) is 0 Å². The Balaban J connectivity index is 1.77. The predicted molar refractivity (Wildman–Crippen MR) is 107 cm³/mol. The molecule has 2 N–H and O–H groups in total. The SMILES string of the molecule is CNC1CCN(C(=O)c2ccc(NC(C)c3ccccn3)c([N+](=O)[O-])c2)CC1. The van der Waals surface area contributed by atoms with Crippen molar-refractivity contribution in [2.45, 2.75) is 31.8 Å². The minimum Gasteiger partial charge on any atom is -0.371 e. The largest absolute Gasteiger partial charge is 0.371 e. The summed E-state index contributed by atoms with van der Waals surface area (Å²) in [6.07, 6.45) is 3.44. The molecule has 1 saturated heterocycles. The summed E-state index contributed by atoms with van der Waals surface area (Å²) in [5.74, 6) is -0.165. The Bertz CT molecular complexity index is 835. The lowest BCUT2D eigenvalue weighted by molar-refractivity contribution is -0.384. The number of benzene rings is 1. The number of nitrogens with one attached hydrogen (secondary N) is 2. The Hall–Kier alpha value is -3.00. The number of hydrogen-bond donors (Lipinski definition) is 2. The number of anilines is 1. The molecule has 1 fully saturated rings. The average molecular weight is 383 g/mol. The molecule has 28 heavy (non-hydrogen) atoms.